The summed E-state index contributed by atoms with van der Waals surface area (Å²) < 4.78 is 0. The van der Waals surface area contributed by atoms with Gasteiger partial charge in [-0.15, -0.1) is 0 Å². The second-order valence-electron chi connectivity index (χ2n) is 5.37. The first-order valence-electron chi connectivity index (χ1n) is 5.71. The lowest BCUT2D eigenvalue weighted by Crippen LogP contribution is -2.42. The van der Waals surface area contributed by atoms with Crippen LogP contribution >= 0.6 is 0 Å². The van der Waals surface area contributed by atoms with Crippen molar-refractivity contribution in [3.8, 4) is 0 Å². The molecule has 1 aromatic rings. The molecule has 1 rings (SSSR count). The maximum absolute atomic E-state index is 8.17. The number of nitrogens with one attached hydrogen (secondary N) is 1. The molecular formula is C14H22N2. The summed E-state index contributed by atoms with van der Waals surface area (Å²) in [6.45, 7) is 8.77. The van der Waals surface area contributed by atoms with Crippen molar-refractivity contribution in [1.82, 2.24) is 4.90 Å². The van der Waals surface area contributed by atoms with Crippen LogP contribution in [0.1, 0.15) is 33.3 Å². The molecule has 1 N–H and O–H groups in total. The topological polar surface area (TPSA) is 27.1 Å². The predicted octanol–water partition coefficient (Wildman–Crippen LogP) is 3.38. The van der Waals surface area contributed by atoms with Gasteiger partial charge in [-0.3, -0.25) is 5.41 Å². The van der Waals surface area contributed by atoms with Crippen LogP contribution in [0.4, 0.5) is 0 Å². The highest BCUT2D eigenvalue weighted by Crippen LogP contribution is 2.24. The summed E-state index contributed by atoms with van der Waals surface area (Å²) in [7, 11) is 1.99. The first-order valence-corrected chi connectivity index (χ1v) is 5.71. The van der Waals surface area contributed by atoms with Crippen LogP contribution in [0.25, 0.3) is 0 Å². The molecule has 1 atom stereocenters. The van der Waals surface area contributed by atoms with E-state index in [1.807, 2.05) is 42.3 Å². The van der Waals surface area contributed by atoms with Crippen molar-refractivity contribution >= 4 is 5.84 Å². The molecule has 1 aromatic carbocycles. The third-order valence-electron chi connectivity index (χ3n) is 3.23. The highest BCUT2D eigenvalue weighted by atomic mass is 15.2. The smallest absolute Gasteiger partial charge is 0.128 e. The maximum atomic E-state index is 8.17. The molecule has 1 unspecified atom stereocenters. The van der Waals surface area contributed by atoms with E-state index in [1.165, 1.54) is 0 Å². The number of benzene rings is 1. The number of amidine groups is 1. The SMILES string of the molecule is CC(N(C)C(=N)c1ccccc1)C(C)(C)C. The fourth-order valence-electron chi connectivity index (χ4n) is 1.57. The third-order valence-corrected chi connectivity index (χ3v) is 3.23. The zero-order valence-corrected chi connectivity index (χ0v) is 10.9. The molecule has 0 fully saturated rings. The van der Waals surface area contributed by atoms with Crippen molar-refractivity contribution in [2.45, 2.75) is 33.7 Å². The Morgan fingerprint density at radius 2 is 1.69 bits per heavy atom. The van der Waals surface area contributed by atoms with E-state index in [0.717, 1.165) is 5.56 Å². The molecule has 0 bridgehead atoms. The Kier molecular flexibility index (Phi) is 3.74. The molecule has 0 heterocycles. The minimum absolute atomic E-state index is 0.176. The number of hydrogen-bond acceptors (Lipinski definition) is 1. The largest absolute Gasteiger partial charge is 0.356 e. The Labute approximate surface area is 98.8 Å². The van der Waals surface area contributed by atoms with Gasteiger partial charge in [-0.05, 0) is 12.3 Å². The van der Waals surface area contributed by atoms with E-state index in [2.05, 4.69) is 27.7 Å². The molecule has 0 saturated carbocycles. The number of rotatable bonds is 2. The van der Waals surface area contributed by atoms with Gasteiger partial charge in [0.15, 0.2) is 0 Å². The van der Waals surface area contributed by atoms with Gasteiger partial charge in [0, 0.05) is 18.7 Å². The van der Waals surface area contributed by atoms with E-state index >= 15 is 0 Å². The van der Waals surface area contributed by atoms with Crippen LogP contribution in [0, 0.1) is 10.8 Å². The van der Waals surface area contributed by atoms with Gasteiger partial charge < -0.3 is 4.90 Å². The Hall–Kier alpha value is -1.31. The highest BCUT2D eigenvalue weighted by Gasteiger charge is 2.25. The summed E-state index contributed by atoms with van der Waals surface area (Å²) in [5, 5.41) is 8.17. The predicted molar refractivity (Wildman–Crippen MR) is 70.0 cm³/mol. The fourth-order valence-corrected chi connectivity index (χ4v) is 1.57. The molecule has 2 nitrogen and oxygen atoms in total. The summed E-state index contributed by atoms with van der Waals surface area (Å²) in [6.07, 6.45) is 0. The minimum atomic E-state index is 0.176. The molecule has 16 heavy (non-hydrogen) atoms. The van der Waals surface area contributed by atoms with Gasteiger partial charge in [-0.25, -0.2) is 0 Å². The van der Waals surface area contributed by atoms with E-state index in [1.54, 1.807) is 0 Å². The monoisotopic (exact) mass is 218 g/mol. The van der Waals surface area contributed by atoms with Crippen LogP contribution in [0.3, 0.4) is 0 Å². The number of nitrogens with zero attached hydrogens (tertiary/aromatic N) is 1. The van der Waals surface area contributed by atoms with Crippen LogP contribution in [0.2, 0.25) is 0 Å². The Bertz CT molecular complexity index is 349. The van der Waals surface area contributed by atoms with E-state index in [-0.39, 0.29) is 5.41 Å². The van der Waals surface area contributed by atoms with Gasteiger partial charge >= 0.3 is 0 Å². The lowest BCUT2D eigenvalue weighted by molar-refractivity contribution is 0.208. The standard InChI is InChI=1S/C14H22N2/c1-11(14(2,3)4)16(5)13(15)12-9-7-6-8-10-12/h6-11,15H,1-5H3. The summed E-state index contributed by atoms with van der Waals surface area (Å²) in [6, 6.07) is 10.2. The van der Waals surface area contributed by atoms with E-state index in [4.69, 9.17) is 5.41 Å². The second-order valence-corrected chi connectivity index (χ2v) is 5.37. The fraction of sp³-hybridized carbons (Fsp3) is 0.500. The zero-order chi connectivity index (χ0) is 12.3. The third kappa shape index (κ3) is 2.84. The van der Waals surface area contributed by atoms with Crippen molar-refractivity contribution in [3.63, 3.8) is 0 Å². The van der Waals surface area contributed by atoms with Crippen molar-refractivity contribution in [1.29, 1.82) is 5.41 Å². The Morgan fingerprint density at radius 1 is 1.19 bits per heavy atom. The van der Waals surface area contributed by atoms with Crippen LogP contribution in [0.15, 0.2) is 30.3 Å². The van der Waals surface area contributed by atoms with E-state index in [0.29, 0.717) is 11.9 Å². The van der Waals surface area contributed by atoms with Gasteiger partial charge in [0.05, 0.1) is 0 Å². The van der Waals surface area contributed by atoms with Crippen molar-refractivity contribution in [3.05, 3.63) is 35.9 Å². The Balaban J connectivity index is 2.84. The molecule has 0 spiro atoms. The lowest BCUT2D eigenvalue weighted by Gasteiger charge is -2.36. The van der Waals surface area contributed by atoms with E-state index < -0.39 is 0 Å². The molecule has 0 amide bonds. The minimum Gasteiger partial charge on any atom is -0.356 e. The second kappa shape index (κ2) is 4.69. The molecule has 0 saturated heterocycles. The van der Waals surface area contributed by atoms with Crippen LogP contribution in [-0.2, 0) is 0 Å². The van der Waals surface area contributed by atoms with Gasteiger partial charge in [0.1, 0.15) is 5.84 Å². The van der Waals surface area contributed by atoms with Gasteiger partial charge in [0.2, 0.25) is 0 Å². The van der Waals surface area contributed by atoms with Gasteiger partial charge in [0.25, 0.3) is 0 Å². The van der Waals surface area contributed by atoms with Crippen molar-refractivity contribution in [2.24, 2.45) is 5.41 Å². The van der Waals surface area contributed by atoms with Crippen molar-refractivity contribution in [2.75, 3.05) is 7.05 Å². The van der Waals surface area contributed by atoms with Crippen LogP contribution in [0.5, 0.6) is 0 Å². The molecule has 0 aliphatic rings. The first kappa shape index (κ1) is 12.8. The number of hydrogen-bond donors (Lipinski definition) is 1. The normalized spacial score (nSPS) is 13.3. The first-order chi connectivity index (χ1) is 7.34. The zero-order valence-electron chi connectivity index (χ0n) is 10.9. The molecule has 0 radical (unpaired) electrons. The summed E-state index contributed by atoms with van der Waals surface area (Å²) in [5.41, 5.74) is 1.15. The van der Waals surface area contributed by atoms with Gasteiger partial charge in [-0.1, -0.05) is 51.1 Å². The molecule has 88 valence electrons. The lowest BCUT2D eigenvalue weighted by atomic mass is 9.87. The summed E-state index contributed by atoms with van der Waals surface area (Å²) >= 11 is 0. The molecule has 2 heteroatoms. The van der Waals surface area contributed by atoms with Gasteiger partial charge in [-0.2, -0.15) is 0 Å². The Morgan fingerprint density at radius 3 is 2.12 bits per heavy atom. The molecular weight excluding hydrogens is 196 g/mol. The quantitative estimate of drug-likeness (QED) is 0.598. The maximum Gasteiger partial charge on any atom is 0.128 e. The molecule has 0 aliphatic carbocycles. The molecule has 0 aliphatic heterocycles. The van der Waals surface area contributed by atoms with Crippen LogP contribution < -0.4 is 0 Å². The molecule has 0 aromatic heterocycles. The average molecular weight is 218 g/mol. The van der Waals surface area contributed by atoms with E-state index in [9.17, 15) is 0 Å². The average Bonchev–Trinajstić information content (AvgIpc) is 2.26. The van der Waals surface area contributed by atoms with Crippen molar-refractivity contribution < 1.29 is 0 Å². The van der Waals surface area contributed by atoms with Crippen LogP contribution in [-0.4, -0.2) is 23.8 Å². The highest BCUT2D eigenvalue weighted by molar-refractivity contribution is 5.96. The summed E-state index contributed by atoms with van der Waals surface area (Å²) in [4.78, 5) is 2.04. The summed E-state index contributed by atoms with van der Waals surface area (Å²) in [5.74, 6) is 0.586.